The summed E-state index contributed by atoms with van der Waals surface area (Å²) in [4.78, 5) is 11.0. The predicted molar refractivity (Wildman–Crippen MR) is 65.5 cm³/mol. The summed E-state index contributed by atoms with van der Waals surface area (Å²) >= 11 is 5.90. The van der Waals surface area contributed by atoms with Crippen molar-refractivity contribution < 1.29 is 4.79 Å². The van der Waals surface area contributed by atoms with Crippen LogP contribution in [0, 0.1) is 0 Å². The van der Waals surface area contributed by atoms with Gasteiger partial charge in [-0.1, -0.05) is 17.7 Å². The summed E-state index contributed by atoms with van der Waals surface area (Å²) in [6, 6.07) is 5.65. The number of hydrogen-bond acceptors (Lipinski definition) is 3. The zero-order chi connectivity index (χ0) is 11.5. The fourth-order valence-electron chi connectivity index (χ4n) is 1.75. The Hall–Kier alpha value is -1.42. The molecule has 4 nitrogen and oxygen atoms in total. The van der Waals surface area contributed by atoms with Crippen LogP contribution in [-0.2, 0) is 4.79 Å². The molecule has 1 amide bonds. The van der Waals surface area contributed by atoms with Crippen LogP contribution in [0.15, 0.2) is 18.2 Å². The number of para-hydroxylation sites is 1. The van der Waals surface area contributed by atoms with Gasteiger partial charge in [-0.2, -0.15) is 0 Å². The molecule has 0 bridgehead atoms. The number of anilines is 2. The molecule has 0 spiro atoms. The number of nitrogen functional groups attached to an aromatic ring is 1. The molecule has 1 unspecified atom stereocenters. The molecule has 1 saturated heterocycles. The molecule has 1 heterocycles. The lowest BCUT2D eigenvalue weighted by Crippen LogP contribution is -2.31. The summed E-state index contributed by atoms with van der Waals surface area (Å²) in [6.45, 7) is 0.677. The zero-order valence-corrected chi connectivity index (χ0v) is 9.55. The van der Waals surface area contributed by atoms with Crippen molar-refractivity contribution in [3.63, 3.8) is 0 Å². The number of nitrogens with one attached hydrogen (secondary N) is 2. The average Bonchev–Trinajstić information content (AvgIpc) is 2.67. The zero-order valence-electron chi connectivity index (χ0n) is 8.79. The molecule has 1 aromatic carbocycles. The first-order valence-corrected chi connectivity index (χ1v) is 5.62. The van der Waals surface area contributed by atoms with Crippen molar-refractivity contribution in [3.8, 4) is 0 Å². The Kier molecular flexibility index (Phi) is 3.19. The number of carbonyl (C=O) groups excluding carboxylic acids is 1. The molecule has 1 aromatic rings. The van der Waals surface area contributed by atoms with Crippen molar-refractivity contribution >= 4 is 28.9 Å². The smallest absolute Gasteiger partial charge is 0.220 e. The summed E-state index contributed by atoms with van der Waals surface area (Å²) in [7, 11) is 0. The molecule has 0 saturated carbocycles. The number of benzene rings is 1. The number of rotatable bonds is 3. The van der Waals surface area contributed by atoms with E-state index in [0.717, 1.165) is 12.1 Å². The Morgan fingerprint density at radius 1 is 1.56 bits per heavy atom. The molecule has 1 aliphatic heterocycles. The van der Waals surface area contributed by atoms with Gasteiger partial charge in [0.25, 0.3) is 0 Å². The van der Waals surface area contributed by atoms with E-state index in [1.165, 1.54) is 0 Å². The lowest BCUT2D eigenvalue weighted by Gasteiger charge is -2.14. The third-order valence-corrected chi connectivity index (χ3v) is 3.01. The van der Waals surface area contributed by atoms with Crippen molar-refractivity contribution in [1.29, 1.82) is 0 Å². The highest BCUT2D eigenvalue weighted by molar-refractivity contribution is 6.33. The second-order valence-electron chi connectivity index (χ2n) is 3.89. The van der Waals surface area contributed by atoms with Crippen molar-refractivity contribution in [3.05, 3.63) is 23.2 Å². The first-order valence-electron chi connectivity index (χ1n) is 5.24. The number of hydrogen-bond donors (Lipinski definition) is 3. The Morgan fingerprint density at radius 3 is 3.06 bits per heavy atom. The Balaban J connectivity index is 1.94. The van der Waals surface area contributed by atoms with Crippen LogP contribution in [0.1, 0.15) is 12.8 Å². The molecule has 1 fully saturated rings. The van der Waals surface area contributed by atoms with Crippen LogP contribution in [0.4, 0.5) is 11.4 Å². The van der Waals surface area contributed by atoms with Crippen LogP contribution >= 0.6 is 11.6 Å². The van der Waals surface area contributed by atoms with Gasteiger partial charge in [0.1, 0.15) is 0 Å². The number of nitrogens with two attached hydrogens (primary N) is 1. The number of halogens is 1. The van der Waals surface area contributed by atoms with Gasteiger partial charge in [-0.25, -0.2) is 0 Å². The minimum absolute atomic E-state index is 0.117. The van der Waals surface area contributed by atoms with Gasteiger partial charge in [-0.3, -0.25) is 4.79 Å². The van der Waals surface area contributed by atoms with Gasteiger partial charge in [0.15, 0.2) is 0 Å². The van der Waals surface area contributed by atoms with Crippen molar-refractivity contribution in [2.45, 2.75) is 18.9 Å². The van der Waals surface area contributed by atoms with E-state index < -0.39 is 0 Å². The van der Waals surface area contributed by atoms with E-state index in [9.17, 15) is 4.79 Å². The molecule has 1 atom stereocenters. The fraction of sp³-hybridized carbons (Fsp3) is 0.364. The maximum absolute atomic E-state index is 11.0. The van der Waals surface area contributed by atoms with Gasteiger partial charge in [0, 0.05) is 19.0 Å². The molecule has 4 N–H and O–H groups in total. The molecule has 2 rings (SSSR count). The standard InChI is InChI=1S/C11H14ClN3O/c12-8-2-1-3-9(11(8)13)14-6-7-4-5-10(16)15-7/h1-3,7,14H,4-6,13H2,(H,15,16). The highest BCUT2D eigenvalue weighted by Crippen LogP contribution is 2.26. The van der Waals surface area contributed by atoms with E-state index in [-0.39, 0.29) is 11.9 Å². The maximum Gasteiger partial charge on any atom is 0.220 e. The molecular weight excluding hydrogens is 226 g/mol. The van der Waals surface area contributed by atoms with E-state index in [1.54, 1.807) is 6.07 Å². The largest absolute Gasteiger partial charge is 0.396 e. The van der Waals surface area contributed by atoms with Gasteiger partial charge in [-0.15, -0.1) is 0 Å². The fourth-order valence-corrected chi connectivity index (χ4v) is 1.93. The van der Waals surface area contributed by atoms with E-state index >= 15 is 0 Å². The topological polar surface area (TPSA) is 67.1 Å². The molecule has 86 valence electrons. The van der Waals surface area contributed by atoms with E-state index in [2.05, 4.69) is 10.6 Å². The highest BCUT2D eigenvalue weighted by Gasteiger charge is 2.20. The summed E-state index contributed by atoms with van der Waals surface area (Å²) in [5.41, 5.74) is 7.18. The lowest BCUT2D eigenvalue weighted by atomic mass is 10.2. The van der Waals surface area contributed by atoms with Crippen LogP contribution in [0.3, 0.4) is 0 Å². The first kappa shape index (κ1) is 11.1. The molecule has 0 radical (unpaired) electrons. The second kappa shape index (κ2) is 4.61. The third kappa shape index (κ3) is 2.39. The molecule has 0 aromatic heterocycles. The maximum atomic E-state index is 11.0. The number of carbonyl (C=O) groups is 1. The Morgan fingerprint density at radius 2 is 2.38 bits per heavy atom. The van der Waals surface area contributed by atoms with Gasteiger partial charge in [0.2, 0.25) is 5.91 Å². The van der Waals surface area contributed by atoms with Crippen molar-refractivity contribution in [1.82, 2.24) is 5.32 Å². The van der Waals surface area contributed by atoms with E-state index in [0.29, 0.717) is 23.7 Å². The molecule has 16 heavy (non-hydrogen) atoms. The quantitative estimate of drug-likeness (QED) is 0.702. The molecule has 5 heteroatoms. The van der Waals surface area contributed by atoms with Gasteiger partial charge in [0.05, 0.1) is 16.4 Å². The Bertz CT molecular complexity index is 408. The molecular formula is C11H14ClN3O. The van der Waals surface area contributed by atoms with Gasteiger partial charge >= 0.3 is 0 Å². The van der Waals surface area contributed by atoms with E-state index in [4.69, 9.17) is 17.3 Å². The minimum Gasteiger partial charge on any atom is -0.396 e. The normalized spacial score (nSPS) is 19.6. The van der Waals surface area contributed by atoms with Gasteiger partial charge in [-0.05, 0) is 18.6 Å². The average molecular weight is 240 g/mol. The number of amides is 1. The second-order valence-corrected chi connectivity index (χ2v) is 4.29. The molecule has 1 aliphatic rings. The van der Waals surface area contributed by atoms with Crippen LogP contribution in [0.5, 0.6) is 0 Å². The monoisotopic (exact) mass is 239 g/mol. The lowest BCUT2D eigenvalue weighted by molar-refractivity contribution is -0.119. The van der Waals surface area contributed by atoms with E-state index in [1.807, 2.05) is 12.1 Å². The van der Waals surface area contributed by atoms with Crippen LogP contribution in [-0.4, -0.2) is 18.5 Å². The SMILES string of the molecule is Nc1c(Cl)cccc1NCC1CCC(=O)N1. The van der Waals surface area contributed by atoms with Crippen molar-refractivity contribution in [2.75, 3.05) is 17.6 Å². The highest BCUT2D eigenvalue weighted by atomic mass is 35.5. The summed E-state index contributed by atoms with van der Waals surface area (Å²) in [5, 5.41) is 6.62. The van der Waals surface area contributed by atoms with Gasteiger partial charge < -0.3 is 16.4 Å². The third-order valence-electron chi connectivity index (χ3n) is 2.68. The van der Waals surface area contributed by atoms with Crippen LogP contribution in [0.2, 0.25) is 5.02 Å². The van der Waals surface area contributed by atoms with Crippen LogP contribution < -0.4 is 16.4 Å². The predicted octanol–water partition coefficient (Wildman–Crippen LogP) is 1.61. The first-order chi connectivity index (χ1) is 7.66. The minimum atomic E-state index is 0.117. The molecule has 0 aliphatic carbocycles. The summed E-state index contributed by atoms with van der Waals surface area (Å²) in [6.07, 6.45) is 1.48. The Labute approximate surface area is 99.2 Å². The van der Waals surface area contributed by atoms with Crippen molar-refractivity contribution in [2.24, 2.45) is 0 Å². The summed E-state index contributed by atoms with van der Waals surface area (Å²) < 4.78 is 0. The summed E-state index contributed by atoms with van der Waals surface area (Å²) in [5.74, 6) is 0.117. The van der Waals surface area contributed by atoms with Crippen LogP contribution in [0.25, 0.3) is 0 Å².